The fourth-order valence-corrected chi connectivity index (χ4v) is 2.39. The van der Waals surface area contributed by atoms with Crippen LogP contribution in [0.25, 0.3) is 0 Å². The molecular weight excluding hydrogens is 240 g/mol. The molecule has 4 nitrogen and oxygen atoms in total. The minimum absolute atomic E-state index is 0.00338. The van der Waals surface area contributed by atoms with E-state index < -0.39 is 5.41 Å². The SMILES string of the molecule is COc1nccnc1C(=O)C1(c2ccccc2)CC1. The number of rotatable bonds is 4. The van der Waals surface area contributed by atoms with Crippen LogP contribution in [-0.4, -0.2) is 22.9 Å². The number of ether oxygens (including phenoxy) is 1. The van der Waals surface area contributed by atoms with Crippen molar-refractivity contribution in [1.82, 2.24) is 9.97 Å². The summed E-state index contributed by atoms with van der Waals surface area (Å²) in [4.78, 5) is 20.9. The highest BCUT2D eigenvalue weighted by Crippen LogP contribution is 2.50. The molecule has 0 spiro atoms. The predicted octanol–water partition coefficient (Wildman–Crippen LogP) is 2.40. The fourth-order valence-electron chi connectivity index (χ4n) is 2.39. The first-order valence-corrected chi connectivity index (χ1v) is 6.23. The first-order chi connectivity index (χ1) is 9.28. The molecule has 1 saturated carbocycles. The summed E-state index contributed by atoms with van der Waals surface area (Å²) in [5, 5.41) is 0. The van der Waals surface area contributed by atoms with Gasteiger partial charge >= 0.3 is 0 Å². The molecule has 1 fully saturated rings. The number of carbonyl (C=O) groups excluding carboxylic acids is 1. The van der Waals surface area contributed by atoms with Gasteiger partial charge < -0.3 is 4.74 Å². The maximum absolute atomic E-state index is 12.7. The van der Waals surface area contributed by atoms with Crippen molar-refractivity contribution in [3.8, 4) is 5.88 Å². The summed E-state index contributed by atoms with van der Waals surface area (Å²) >= 11 is 0. The van der Waals surface area contributed by atoms with Crippen molar-refractivity contribution in [2.75, 3.05) is 7.11 Å². The highest BCUT2D eigenvalue weighted by atomic mass is 16.5. The molecule has 1 aliphatic rings. The predicted molar refractivity (Wildman–Crippen MR) is 70.3 cm³/mol. The van der Waals surface area contributed by atoms with Crippen LogP contribution in [0, 0.1) is 0 Å². The normalized spacial score (nSPS) is 15.8. The lowest BCUT2D eigenvalue weighted by molar-refractivity contribution is 0.0936. The lowest BCUT2D eigenvalue weighted by atomic mass is 9.89. The molecule has 3 rings (SSSR count). The lowest BCUT2D eigenvalue weighted by Gasteiger charge is -2.14. The van der Waals surface area contributed by atoms with Crippen LogP contribution >= 0.6 is 0 Å². The molecule has 0 N–H and O–H groups in total. The van der Waals surface area contributed by atoms with Crippen molar-refractivity contribution in [2.24, 2.45) is 0 Å². The Hall–Kier alpha value is -2.23. The Morgan fingerprint density at radius 3 is 2.47 bits per heavy atom. The lowest BCUT2D eigenvalue weighted by Crippen LogP contribution is -2.22. The molecule has 1 aliphatic carbocycles. The van der Waals surface area contributed by atoms with Gasteiger partial charge in [0.05, 0.1) is 12.5 Å². The van der Waals surface area contributed by atoms with E-state index in [2.05, 4.69) is 9.97 Å². The molecule has 4 heteroatoms. The van der Waals surface area contributed by atoms with Gasteiger partial charge in [0.1, 0.15) is 0 Å². The number of carbonyl (C=O) groups is 1. The third kappa shape index (κ3) is 1.89. The number of benzene rings is 1. The molecule has 19 heavy (non-hydrogen) atoms. The van der Waals surface area contributed by atoms with Gasteiger partial charge in [-0.05, 0) is 18.4 Å². The van der Waals surface area contributed by atoms with Crippen molar-refractivity contribution in [3.05, 3.63) is 54.0 Å². The zero-order valence-corrected chi connectivity index (χ0v) is 10.7. The van der Waals surface area contributed by atoms with Crippen LogP contribution in [0.15, 0.2) is 42.7 Å². The van der Waals surface area contributed by atoms with Crippen LogP contribution in [0.3, 0.4) is 0 Å². The summed E-state index contributed by atoms with van der Waals surface area (Å²) in [6, 6.07) is 9.85. The van der Waals surface area contributed by atoms with Crippen molar-refractivity contribution in [3.63, 3.8) is 0 Å². The van der Waals surface area contributed by atoms with Gasteiger partial charge in [-0.1, -0.05) is 30.3 Å². The van der Waals surface area contributed by atoms with Gasteiger partial charge in [0, 0.05) is 12.4 Å². The molecule has 0 bridgehead atoms. The Balaban J connectivity index is 2.01. The summed E-state index contributed by atoms with van der Waals surface area (Å²) in [5.74, 6) is 0.304. The summed E-state index contributed by atoms with van der Waals surface area (Å²) in [6.07, 6.45) is 4.76. The number of hydrogen-bond acceptors (Lipinski definition) is 4. The zero-order chi connectivity index (χ0) is 13.3. The Bertz CT molecular complexity index is 607. The molecule has 0 radical (unpaired) electrons. The summed E-state index contributed by atoms with van der Waals surface area (Å²) < 4.78 is 5.13. The van der Waals surface area contributed by atoms with E-state index in [0.717, 1.165) is 18.4 Å². The smallest absolute Gasteiger partial charge is 0.243 e. The molecule has 0 aliphatic heterocycles. The average Bonchev–Trinajstić information content (AvgIpc) is 3.29. The van der Waals surface area contributed by atoms with Gasteiger partial charge in [0.15, 0.2) is 11.5 Å². The van der Waals surface area contributed by atoms with E-state index in [9.17, 15) is 4.79 Å². The van der Waals surface area contributed by atoms with Gasteiger partial charge in [0.2, 0.25) is 5.88 Å². The number of nitrogens with zero attached hydrogens (tertiary/aromatic N) is 2. The number of methoxy groups -OCH3 is 1. The second-order valence-corrected chi connectivity index (χ2v) is 4.69. The number of Topliss-reactive ketones (excluding diaryl/α,β-unsaturated/α-hetero) is 1. The summed E-state index contributed by atoms with van der Waals surface area (Å²) in [5.41, 5.74) is 0.948. The molecule has 0 unspecified atom stereocenters. The van der Waals surface area contributed by atoms with Crippen LogP contribution in [0.2, 0.25) is 0 Å². The number of aromatic nitrogens is 2. The first kappa shape index (κ1) is 11.8. The molecule has 0 amide bonds. The molecule has 0 atom stereocenters. The number of ketones is 1. The fraction of sp³-hybridized carbons (Fsp3) is 0.267. The Kier molecular flexibility index (Phi) is 2.78. The van der Waals surface area contributed by atoms with E-state index in [1.54, 1.807) is 0 Å². The molecule has 1 aromatic carbocycles. The van der Waals surface area contributed by atoms with E-state index in [1.807, 2.05) is 30.3 Å². The van der Waals surface area contributed by atoms with Crippen molar-refractivity contribution in [1.29, 1.82) is 0 Å². The second kappa shape index (κ2) is 4.46. The van der Waals surface area contributed by atoms with Gasteiger partial charge in [-0.2, -0.15) is 0 Å². The summed E-state index contributed by atoms with van der Waals surface area (Å²) in [6.45, 7) is 0. The van der Waals surface area contributed by atoms with Gasteiger partial charge in [-0.15, -0.1) is 0 Å². The van der Waals surface area contributed by atoms with E-state index in [4.69, 9.17) is 4.74 Å². The van der Waals surface area contributed by atoms with Crippen LogP contribution in [0.1, 0.15) is 28.9 Å². The van der Waals surface area contributed by atoms with Crippen molar-refractivity contribution in [2.45, 2.75) is 18.3 Å². The maximum Gasteiger partial charge on any atom is 0.243 e. The summed E-state index contributed by atoms with van der Waals surface area (Å²) in [7, 11) is 1.50. The molecule has 96 valence electrons. The molecule has 1 aromatic heterocycles. The van der Waals surface area contributed by atoms with Crippen LogP contribution in [0.4, 0.5) is 0 Å². The monoisotopic (exact) mass is 254 g/mol. The molecule has 0 saturated heterocycles. The highest BCUT2D eigenvalue weighted by molar-refractivity contribution is 6.06. The third-order valence-corrected chi connectivity index (χ3v) is 3.58. The van der Waals surface area contributed by atoms with E-state index in [0.29, 0.717) is 11.6 Å². The maximum atomic E-state index is 12.7. The van der Waals surface area contributed by atoms with Crippen molar-refractivity contribution >= 4 is 5.78 Å². The van der Waals surface area contributed by atoms with E-state index >= 15 is 0 Å². The largest absolute Gasteiger partial charge is 0.479 e. The van der Waals surface area contributed by atoms with Gasteiger partial charge in [0.25, 0.3) is 0 Å². The van der Waals surface area contributed by atoms with Crippen LogP contribution in [-0.2, 0) is 5.41 Å². The zero-order valence-electron chi connectivity index (χ0n) is 10.7. The Morgan fingerprint density at radius 2 is 1.84 bits per heavy atom. The van der Waals surface area contributed by atoms with Crippen LogP contribution in [0.5, 0.6) is 5.88 Å². The second-order valence-electron chi connectivity index (χ2n) is 4.69. The molecular formula is C15H14N2O2. The highest BCUT2D eigenvalue weighted by Gasteiger charge is 2.52. The van der Waals surface area contributed by atoms with Gasteiger partial charge in [-0.3, -0.25) is 4.79 Å². The van der Waals surface area contributed by atoms with E-state index in [1.165, 1.54) is 19.5 Å². The van der Waals surface area contributed by atoms with E-state index in [-0.39, 0.29) is 5.78 Å². The minimum Gasteiger partial charge on any atom is -0.479 e. The quantitative estimate of drug-likeness (QED) is 0.786. The Labute approximate surface area is 111 Å². The molecule has 2 aromatic rings. The standard InChI is InChI=1S/C15H14N2O2/c1-19-14-12(16-9-10-17-14)13(18)15(7-8-15)11-5-3-2-4-6-11/h2-6,9-10H,7-8H2,1H3. The first-order valence-electron chi connectivity index (χ1n) is 6.23. The minimum atomic E-state index is -0.426. The molecule has 1 heterocycles. The van der Waals surface area contributed by atoms with Crippen molar-refractivity contribution < 1.29 is 9.53 Å². The third-order valence-electron chi connectivity index (χ3n) is 3.58. The topological polar surface area (TPSA) is 52.1 Å². The van der Waals surface area contributed by atoms with Gasteiger partial charge in [-0.25, -0.2) is 9.97 Å². The van der Waals surface area contributed by atoms with Crippen LogP contribution < -0.4 is 4.74 Å². The Morgan fingerprint density at radius 1 is 1.16 bits per heavy atom. The number of hydrogen-bond donors (Lipinski definition) is 0. The average molecular weight is 254 g/mol.